The number of carbonyl (C=O) groups excluding carboxylic acids is 1. The van der Waals surface area contributed by atoms with Crippen LogP contribution in [-0.4, -0.2) is 28.0 Å². The maximum atomic E-state index is 12.0. The fourth-order valence-corrected chi connectivity index (χ4v) is 3.27. The molecule has 2 aromatic rings. The Hall–Kier alpha value is -2.38. The molecule has 152 valence electrons. The Morgan fingerprint density at radius 2 is 1.54 bits per heavy atom. The number of amides is 1. The summed E-state index contributed by atoms with van der Waals surface area (Å²) in [5.41, 5.74) is 2.85. The molecule has 0 saturated carbocycles. The second-order valence-electron chi connectivity index (χ2n) is 7.62. The zero-order chi connectivity index (χ0) is 20.8. The Morgan fingerprint density at radius 1 is 0.964 bits per heavy atom. The van der Waals surface area contributed by atoms with Crippen LogP contribution >= 0.6 is 0 Å². The highest BCUT2D eigenvalue weighted by molar-refractivity contribution is 7.88. The lowest BCUT2D eigenvalue weighted by Gasteiger charge is -2.19. The Balaban J connectivity index is 1.79. The summed E-state index contributed by atoms with van der Waals surface area (Å²) >= 11 is 0. The Kier molecular flexibility index (Phi) is 7.21. The molecule has 0 spiro atoms. The van der Waals surface area contributed by atoms with E-state index < -0.39 is 10.0 Å². The molecule has 0 fully saturated rings. The average Bonchev–Trinajstić information content (AvgIpc) is 2.65. The molecule has 0 saturated heterocycles. The third kappa shape index (κ3) is 6.98. The molecule has 28 heavy (non-hydrogen) atoms. The first kappa shape index (κ1) is 21.9. The number of ether oxygens (including phenoxy) is 1. The Labute approximate surface area is 167 Å². The van der Waals surface area contributed by atoms with Crippen LogP contribution in [0.1, 0.15) is 37.5 Å². The second kappa shape index (κ2) is 9.21. The van der Waals surface area contributed by atoms with Gasteiger partial charge in [-0.15, -0.1) is 0 Å². The quantitative estimate of drug-likeness (QED) is 0.709. The van der Waals surface area contributed by atoms with Crippen LogP contribution in [0.5, 0.6) is 5.75 Å². The topological polar surface area (TPSA) is 84.5 Å². The van der Waals surface area contributed by atoms with Gasteiger partial charge in [-0.3, -0.25) is 4.79 Å². The van der Waals surface area contributed by atoms with Crippen molar-refractivity contribution in [1.82, 2.24) is 10.0 Å². The molecule has 0 aromatic heterocycles. The number of hydrogen-bond donors (Lipinski definition) is 2. The lowest BCUT2D eigenvalue weighted by atomic mass is 9.87. The summed E-state index contributed by atoms with van der Waals surface area (Å²) in [6, 6.07) is 14.8. The standard InChI is InChI=1S/C21H28N2O4S/c1-21(2,3)18-9-11-19(12-10-18)27-14-20(24)23-13-16-5-7-17(8-6-16)15-28(25,26)22-4/h5-12,22H,13-15H2,1-4H3,(H,23,24). The minimum absolute atomic E-state index is 0.0621. The average molecular weight is 405 g/mol. The fraction of sp³-hybridized carbons (Fsp3) is 0.381. The predicted molar refractivity (Wildman–Crippen MR) is 111 cm³/mol. The van der Waals surface area contributed by atoms with E-state index >= 15 is 0 Å². The van der Waals surface area contributed by atoms with E-state index in [9.17, 15) is 13.2 Å². The van der Waals surface area contributed by atoms with Gasteiger partial charge < -0.3 is 10.1 Å². The van der Waals surface area contributed by atoms with E-state index in [2.05, 4.69) is 30.8 Å². The van der Waals surface area contributed by atoms with Crippen molar-refractivity contribution in [2.45, 2.75) is 38.5 Å². The van der Waals surface area contributed by atoms with Gasteiger partial charge in [-0.2, -0.15) is 0 Å². The normalized spacial score (nSPS) is 11.9. The third-order valence-electron chi connectivity index (χ3n) is 4.27. The minimum Gasteiger partial charge on any atom is -0.484 e. The molecule has 0 unspecified atom stereocenters. The van der Waals surface area contributed by atoms with Crippen molar-refractivity contribution < 1.29 is 17.9 Å². The van der Waals surface area contributed by atoms with Crippen LogP contribution in [0.15, 0.2) is 48.5 Å². The molecular weight excluding hydrogens is 376 g/mol. The summed E-state index contributed by atoms with van der Waals surface area (Å²) in [6.07, 6.45) is 0. The zero-order valence-electron chi connectivity index (χ0n) is 16.8. The molecule has 2 rings (SSSR count). The highest BCUT2D eigenvalue weighted by Crippen LogP contribution is 2.24. The Morgan fingerprint density at radius 3 is 2.07 bits per heavy atom. The molecule has 1 amide bonds. The number of sulfonamides is 1. The first-order valence-corrected chi connectivity index (χ1v) is 10.7. The molecule has 0 bridgehead atoms. The number of nitrogens with one attached hydrogen (secondary N) is 2. The van der Waals surface area contributed by atoms with Gasteiger partial charge in [0, 0.05) is 6.54 Å². The number of carbonyl (C=O) groups is 1. The summed E-state index contributed by atoms with van der Waals surface area (Å²) < 4.78 is 30.9. The molecule has 7 heteroatoms. The van der Waals surface area contributed by atoms with Crippen molar-refractivity contribution in [3.63, 3.8) is 0 Å². The zero-order valence-corrected chi connectivity index (χ0v) is 17.6. The molecule has 2 aromatic carbocycles. The van der Waals surface area contributed by atoms with Crippen LogP contribution in [0, 0.1) is 0 Å². The monoisotopic (exact) mass is 404 g/mol. The van der Waals surface area contributed by atoms with Crippen molar-refractivity contribution in [2.75, 3.05) is 13.7 Å². The number of benzene rings is 2. The molecule has 0 atom stereocenters. The first-order valence-electron chi connectivity index (χ1n) is 9.08. The van der Waals surface area contributed by atoms with Crippen molar-refractivity contribution in [3.05, 3.63) is 65.2 Å². The number of hydrogen-bond acceptors (Lipinski definition) is 4. The summed E-state index contributed by atoms with van der Waals surface area (Å²) in [5, 5.41) is 2.79. The van der Waals surface area contributed by atoms with Gasteiger partial charge in [0.25, 0.3) is 5.91 Å². The van der Waals surface area contributed by atoms with E-state index in [0.29, 0.717) is 17.9 Å². The molecule has 6 nitrogen and oxygen atoms in total. The lowest BCUT2D eigenvalue weighted by Crippen LogP contribution is -2.28. The van der Waals surface area contributed by atoms with E-state index in [0.717, 1.165) is 5.56 Å². The SMILES string of the molecule is CNS(=O)(=O)Cc1ccc(CNC(=O)COc2ccc(C(C)(C)C)cc2)cc1. The molecular formula is C21H28N2O4S. The summed E-state index contributed by atoms with van der Waals surface area (Å²) in [4.78, 5) is 12.0. The fourth-order valence-electron chi connectivity index (χ4n) is 2.50. The van der Waals surface area contributed by atoms with Crippen molar-refractivity contribution >= 4 is 15.9 Å². The molecule has 0 aliphatic carbocycles. The maximum absolute atomic E-state index is 12.0. The minimum atomic E-state index is -3.29. The van der Waals surface area contributed by atoms with Gasteiger partial charge >= 0.3 is 0 Å². The van der Waals surface area contributed by atoms with E-state index in [1.54, 1.807) is 24.3 Å². The van der Waals surface area contributed by atoms with Crippen molar-refractivity contribution in [2.24, 2.45) is 0 Å². The Bertz CT molecular complexity index is 883. The maximum Gasteiger partial charge on any atom is 0.258 e. The summed E-state index contributed by atoms with van der Waals surface area (Å²) in [7, 11) is -1.90. The molecule has 0 aliphatic rings. The predicted octanol–water partition coefficient (Wildman–Crippen LogP) is 2.73. The van der Waals surface area contributed by atoms with Crippen LogP contribution in [0.4, 0.5) is 0 Å². The van der Waals surface area contributed by atoms with Crippen LogP contribution in [0.2, 0.25) is 0 Å². The molecule has 0 radical (unpaired) electrons. The van der Waals surface area contributed by atoms with E-state index in [1.165, 1.54) is 12.6 Å². The van der Waals surface area contributed by atoms with E-state index in [-0.39, 0.29) is 23.7 Å². The highest BCUT2D eigenvalue weighted by Gasteiger charge is 2.13. The third-order valence-corrected chi connectivity index (χ3v) is 5.61. The van der Waals surface area contributed by atoms with Crippen LogP contribution in [-0.2, 0) is 32.5 Å². The van der Waals surface area contributed by atoms with Crippen LogP contribution in [0.25, 0.3) is 0 Å². The summed E-state index contributed by atoms with van der Waals surface area (Å²) in [5.74, 6) is 0.359. The van der Waals surface area contributed by atoms with Crippen LogP contribution in [0.3, 0.4) is 0 Å². The van der Waals surface area contributed by atoms with Gasteiger partial charge in [0.15, 0.2) is 6.61 Å². The van der Waals surface area contributed by atoms with Crippen LogP contribution < -0.4 is 14.8 Å². The first-order chi connectivity index (χ1) is 13.1. The molecule has 0 aliphatic heterocycles. The van der Waals surface area contributed by atoms with Gasteiger partial charge in [0.1, 0.15) is 5.75 Å². The second-order valence-corrected chi connectivity index (χ2v) is 9.55. The largest absolute Gasteiger partial charge is 0.484 e. The highest BCUT2D eigenvalue weighted by atomic mass is 32.2. The van der Waals surface area contributed by atoms with Gasteiger partial charge in [-0.1, -0.05) is 57.2 Å². The van der Waals surface area contributed by atoms with E-state index in [4.69, 9.17) is 4.74 Å². The van der Waals surface area contributed by atoms with Gasteiger partial charge in [0.2, 0.25) is 10.0 Å². The van der Waals surface area contributed by atoms with Gasteiger partial charge in [-0.25, -0.2) is 13.1 Å². The smallest absolute Gasteiger partial charge is 0.258 e. The van der Waals surface area contributed by atoms with Gasteiger partial charge in [-0.05, 0) is 41.3 Å². The summed E-state index contributed by atoms with van der Waals surface area (Å²) in [6.45, 7) is 6.71. The lowest BCUT2D eigenvalue weighted by molar-refractivity contribution is -0.123. The van der Waals surface area contributed by atoms with E-state index in [1.807, 2.05) is 24.3 Å². The van der Waals surface area contributed by atoms with Crippen molar-refractivity contribution in [3.8, 4) is 5.75 Å². The molecule has 0 heterocycles. The number of rotatable bonds is 8. The van der Waals surface area contributed by atoms with Crippen molar-refractivity contribution in [1.29, 1.82) is 0 Å². The van der Waals surface area contributed by atoms with Gasteiger partial charge in [0.05, 0.1) is 5.75 Å². The molecule has 2 N–H and O–H groups in total.